The summed E-state index contributed by atoms with van der Waals surface area (Å²) in [6, 6.07) is 12.6. The quantitative estimate of drug-likeness (QED) is 0.766. The van der Waals surface area contributed by atoms with Gasteiger partial charge in [0.2, 0.25) is 0 Å². The number of benzene rings is 1. The van der Waals surface area contributed by atoms with Gasteiger partial charge in [-0.3, -0.25) is 0 Å². The van der Waals surface area contributed by atoms with E-state index in [9.17, 15) is 0 Å². The van der Waals surface area contributed by atoms with E-state index in [0.717, 1.165) is 29.6 Å². The van der Waals surface area contributed by atoms with Gasteiger partial charge in [0, 0.05) is 31.3 Å². The summed E-state index contributed by atoms with van der Waals surface area (Å²) in [5.74, 6) is 2.44. The molecule has 1 heterocycles. The largest absolute Gasteiger partial charge is 0.383 e. The van der Waals surface area contributed by atoms with Crippen LogP contribution in [0.4, 0.5) is 11.6 Å². The minimum absolute atomic E-state index is 0.565. The lowest BCUT2D eigenvalue weighted by Gasteiger charge is -2.11. The number of aromatic nitrogens is 2. The minimum atomic E-state index is 0.565. The summed E-state index contributed by atoms with van der Waals surface area (Å²) in [6.07, 6.45) is 2.44. The van der Waals surface area contributed by atoms with E-state index in [4.69, 9.17) is 4.74 Å². The highest BCUT2D eigenvalue weighted by molar-refractivity contribution is 5.61. The fraction of sp³-hybridized carbons (Fsp3) is 0.375. The van der Waals surface area contributed by atoms with Crippen molar-refractivity contribution in [3.05, 3.63) is 36.4 Å². The van der Waals surface area contributed by atoms with Gasteiger partial charge < -0.3 is 15.4 Å². The second-order valence-electron chi connectivity index (χ2n) is 5.17. The van der Waals surface area contributed by atoms with E-state index in [1.54, 1.807) is 7.11 Å². The molecule has 0 amide bonds. The van der Waals surface area contributed by atoms with Crippen molar-refractivity contribution in [2.24, 2.45) is 0 Å². The first kappa shape index (κ1) is 13.8. The number of nitrogens with zero attached hydrogens (tertiary/aromatic N) is 2. The molecule has 0 aliphatic heterocycles. The summed E-state index contributed by atoms with van der Waals surface area (Å²) in [5, 5.41) is 6.71. The monoisotopic (exact) mass is 284 g/mol. The van der Waals surface area contributed by atoms with Crippen molar-refractivity contribution in [1.29, 1.82) is 0 Å². The number of ether oxygens (including phenoxy) is 1. The number of hydrogen-bond acceptors (Lipinski definition) is 5. The molecule has 3 rings (SSSR count). The molecule has 5 nitrogen and oxygen atoms in total. The molecule has 110 valence electrons. The highest BCUT2D eigenvalue weighted by Gasteiger charge is 2.22. The van der Waals surface area contributed by atoms with Crippen molar-refractivity contribution >= 4 is 11.6 Å². The third-order valence-electron chi connectivity index (χ3n) is 3.30. The Morgan fingerprint density at radius 2 is 1.90 bits per heavy atom. The molecular weight excluding hydrogens is 264 g/mol. The Morgan fingerprint density at radius 1 is 1.14 bits per heavy atom. The summed E-state index contributed by atoms with van der Waals surface area (Å²) >= 11 is 0. The zero-order valence-corrected chi connectivity index (χ0v) is 12.2. The van der Waals surface area contributed by atoms with E-state index in [1.165, 1.54) is 12.8 Å². The maximum atomic E-state index is 5.06. The molecule has 1 fully saturated rings. The second kappa shape index (κ2) is 6.54. The number of nitrogens with one attached hydrogen (secondary N) is 2. The lowest BCUT2D eigenvalue weighted by molar-refractivity contribution is 0.210. The van der Waals surface area contributed by atoms with Crippen LogP contribution in [-0.4, -0.2) is 36.3 Å². The van der Waals surface area contributed by atoms with Gasteiger partial charge in [-0.1, -0.05) is 30.3 Å². The third kappa shape index (κ3) is 3.92. The molecule has 1 saturated carbocycles. The van der Waals surface area contributed by atoms with Gasteiger partial charge in [-0.15, -0.1) is 0 Å². The van der Waals surface area contributed by atoms with Gasteiger partial charge in [-0.05, 0) is 12.8 Å². The van der Waals surface area contributed by atoms with E-state index in [2.05, 4.69) is 20.6 Å². The molecule has 0 saturated heterocycles. The summed E-state index contributed by atoms with van der Waals surface area (Å²) in [5.41, 5.74) is 1.02. The highest BCUT2D eigenvalue weighted by Crippen LogP contribution is 2.26. The van der Waals surface area contributed by atoms with Crippen LogP contribution in [0.1, 0.15) is 12.8 Å². The fourth-order valence-electron chi connectivity index (χ4n) is 2.05. The number of hydrogen-bond donors (Lipinski definition) is 2. The molecule has 0 unspecified atom stereocenters. The predicted octanol–water partition coefficient (Wildman–Crippen LogP) is 2.78. The van der Waals surface area contributed by atoms with Crippen molar-refractivity contribution in [3.63, 3.8) is 0 Å². The van der Waals surface area contributed by atoms with E-state index < -0.39 is 0 Å². The Kier molecular flexibility index (Phi) is 4.31. The molecule has 0 radical (unpaired) electrons. The van der Waals surface area contributed by atoms with Crippen LogP contribution in [0.5, 0.6) is 0 Å². The molecule has 1 aliphatic carbocycles. The van der Waals surface area contributed by atoms with E-state index >= 15 is 0 Å². The maximum Gasteiger partial charge on any atom is 0.163 e. The van der Waals surface area contributed by atoms with Crippen molar-refractivity contribution in [2.75, 3.05) is 30.9 Å². The molecule has 2 aromatic rings. The Bertz CT molecular complexity index is 584. The lowest BCUT2D eigenvalue weighted by atomic mass is 10.2. The summed E-state index contributed by atoms with van der Waals surface area (Å²) < 4.78 is 5.06. The van der Waals surface area contributed by atoms with E-state index in [0.29, 0.717) is 12.6 Å². The normalized spacial score (nSPS) is 14.0. The van der Waals surface area contributed by atoms with E-state index in [1.807, 2.05) is 36.4 Å². The fourth-order valence-corrected chi connectivity index (χ4v) is 2.05. The molecule has 1 aromatic carbocycles. The zero-order chi connectivity index (χ0) is 14.5. The van der Waals surface area contributed by atoms with Crippen molar-refractivity contribution in [1.82, 2.24) is 9.97 Å². The maximum absolute atomic E-state index is 5.06. The third-order valence-corrected chi connectivity index (χ3v) is 3.30. The summed E-state index contributed by atoms with van der Waals surface area (Å²) in [4.78, 5) is 9.20. The molecule has 0 spiro atoms. The van der Waals surface area contributed by atoms with Gasteiger partial charge in [-0.25, -0.2) is 9.97 Å². The van der Waals surface area contributed by atoms with Gasteiger partial charge >= 0.3 is 0 Å². The van der Waals surface area contributed by atoms with Gasteiger partial charge in [0.1, 0.15) is 11.6 Å². The molecule has 2 N–H and O–H groups in total. The standard InChI is InChI=1S/C16H20N4O/c1-21-10-9-17-14-11-15(18-13-7-8-13)20-16(19-14)12-5-3-2-4-6-12/h2-6,11,13H,7-10H2,1H3,(H2,17,18,19,20). The van der Waals surface area contributed by atoms with Gasteiger partial charge in [0.15, 0.2) is 5.82 Å². The van der Waals surface area contributed by atoms with E-state index in [-0.39, 0.29) is 0 Å². The van der Waals surface area contributed by atoms with Crippen LogP contribution in [0, 0.1) is 0 Å². The average Bonchev–Trinajstić information content (AvgIpc) is 3.32. The van der Waals surface area contributed by atoms with Crippen LogP contribution in [-0.2, 0) is 4.74 Å². The van der Waals surface area contributed by atoms with Gasteiger partial charge in [-0.2, -0.15) is 0 Å². The molecule has 21 heavy (non-hydrogen) atoms. The molecule has 1 aliphatic rings. The van der Waals surface area contributed by atoms with Crippen molar-refractivity contribution in [3.8, 4) is 11.4 Å². The number of anilines is 2. The number of methoxy groups -OCH3 is 1. The van der Waals surface area contributed by atoms with Crippen LogP contribution < -0.4 is 10.6 Å². The molecular formula is C16H20N4O. The molecule has 0 atom stereocenters. The highest BCUT2D eigenvalue weighted by atomic mass is 16.5. The van der Waals surface area contributed by atoms with Crippen molar-refractivity contribution in [2.45, 2.75) is 18.9 Å². The minimum Gasteiger partial charge on any atom is -0.383 e. The van der Waals surface area contributed by atoms with Crippen LogP contribution in [0.2, 0.25) is 0 Å². The Labute approximate surface area is 124 Å². The summed E-state index contributed by atoms with van der Waals surface area (Å²) in [6.45, 7) is 1.38. The van der Waals surface area contributed by atoms with Gasteiger partial charge in [0.05, 0.1) is 6.61 Å². The van der Waals surface area contributed by atoms with Crippen LogP contribution >= 0.6 is 0 Å². The number of rotatable bonds is 7. The first-order valence-corrected chi connectivity index (χ1v) is 7.29. The SMILES string of the molecule is COCCNc1cc(NC2CC2)nc(-c2ccccc2)n1. The first-order chi connectivity index (χ1) is 10.3. The topological polar surface area (TPSA) is 59.1 Å². The smallest absolute Gasteiger partial charge is 0.163 e. The van der Waals surface area contributed by atoms with Crippen molar-refractivity contribution < 1.29 is 4.74 Å². The molecule has 0 bridgehead atoms. The zero-order valence-electron chi connectivity index (χ0n) is 12.2. The molecule has 1 aromatic heterocycles. The predicted molar refractivity (Wildman–Crippen MR) is 84.5 cm³/mol. The Morgan fingerprint density at radius 3 is 2.62 bits per heavy atom. The Balaban J connectivity index is 1.84. The van der Waals surface area contributed by atoms with Crippen LogP contribution in [0.25, 0.3) is 11.4 Å². The second-order valence-corrected chi connectivity index (χ2v) is 5.17. The van der Waals surface area contributed by atoms with Crippen LogP contribution in [0.3, 0.4) is 0 Å². The average molecular weight is 284 g/mol. The summed E-state index contributed by atoms with van der Waals surface area (Å²) in [7, 11) is 1.69. The Hall–Kier alpha value is -2.14. The lowest BCUT2D eigenvalue weighted by Crippen LogP contribution is -2.11. The van der Waals surface area contributed by atoms with Crippen LogP contribution in [0.15, 0.2) is 36.4 Å². The van der Waals surface area contributed by atoms with Gasteiger partial charge in [0.25, 0.3) is 0 Å². The molecule has 5 heteroatoms. The first-order valence-electron chi connectivity index (χ1n) is 7.29.